The minimum atomic E-state index is -0.514. The van der Waals surface area contributed by atoms with Crippen LogP contribution in [0.4, 0.5) is 15.9 Å². The Balaban J connectivity index is 0.00000308. The normalized spacial score (nSPS) is 12.6. The number of halogens is 1. The first-order valence-corrected chi connectivity index (χ1v) is 13.4. The highest BCUT2D eigenvalue weighted by Crippen LogP contribution is 2.39. The first-order chi connectivity index (χ1) is 19.3. The molecule has 0 radical (unpaired) electrons. The number of fused-ring (bicyclic) bond motifs is 1. The largest absolute Gasteiger partial charge is 0.476 e. The van der Waals surface area contributed by atoms with E-state index in [0.717, 1.165) is 36.3 Å². The van der Waals surface area contributed by atoms with E-state index in [1.807, 2.05) is 32.0 Å². The van der Waals surface area contributed by atoms with Crippen LogP contribution in [0.25, 0.3) is 0 Å². The van der Waals surface area contributed by atoms with Crippen molar-refractivity contribution in [1.82, 2.24) is 14.8 Å². The molecule has 2 amide bonds. The molecule has 40 heavy (non-hydrogen) atoms. The molecule has 0 atom stereocenters. The van der Waals surface area contributed by atoms with Gasteiger partial charge in [-0.1, -0.05) is 26.0 Å². The number of nitrogens with one attached hydrogen (secondary N) is 2. The van der Waals surface area contributed by atoms with Crippen molar-refractivity contribution in [1.29, 1.82) is 0 Å². The third-order valence-corrected chi connectivity index (χ3v) is 6.93. The lowest BCUT2D eigenvalue weighted by atomic mass is 10.1. The summed E-state index contributed by atoms with van der Waals surface area (Å²) in [6.45, 7) is 11.3. The molecule has 1 aromatic heterocycles. The molecule has 0 saturated heterocycles. The van der Waals surface area contributed by atoms with Crippen molar-refractivity contribution in [2.24, 2.45) is 0 Å². The van der Waals surface area contributed by atoms with Crippen LogP contribution in [0.5, 0.6) is 17.2 Å². The average molecular weight is 554 g/mol. The zero-order chi connectivity index (χ0) is 28.6. The molecule has 0 unspecified atom stereocenters. The van der Waals surface area contributed by atoms with Crippen molar-refractivity contribution in [2.75, 3.05) is 50.2 Å². The maximum absolute atomic E-state index is 13.7. The van der Waals surface area contributed by atoms with E-state index in [9.17, 15) is 14.0 Å². The molecule has 1 aliphatic heterocycles. The standard InChI is InChI=1S/C30H36FN5O4.2H2/c1-5-35(6-2)13-14-36(19-31)17-23-9-10-24(15-21(23)4)33-30(38)22-8-7-20(3)26(16-22)40-25-11-12-32-29-28(25)39-18-27(37)34-29;;/h7-12,15-16H,5-6,13-14,17-19H2,1-4H3,(H,33,38)(H,32,34,37);2*1H. The molecule has 10 heteroatoms. The van der Waals surface area contributed by atoms with E-state index in [0.29, 0.717) is 41.6 Å². The number of aromatic nitrogens is 1. The van der Waals surface area contributed by atoms with Crippen molar-refractivity contribution in [3.05, 3.63) is 70.9 Å². The van der Waals surface area contributed by atoms with Gasteiger partial charge < -0.3 is 25.0 Å². The fraction of sp³-hybridized carbons (Fsp3) is 0.367. The predicted octanol–water partition coefficient (Wildman–Crippen LogP) is 5.64. The van der Waals surface area contributed by atoms with Crippen LogP contribution in [-0.4, -0.2) is 66.2 Å². The molecule has 4 rings (SSSR count). The zero-order valence-corrected chi connectivity index (χ0v) is 23.4. The van der Waals surface area contributed by atoms with E-state index in [1.54, 1.807) is 29.2 Å². The van der Waals surface area contributed by atoms with Gasteiger partial charge in [0.15, 0.2) is 18.2 Å². The summed E-state index contributed by atoms with van der Waals surface area (Å²) in [5.74, 6) is 0.913. The molecular formula is C30H40FN5O4. The lowest BCUT2D eigenvalue weighted by molar-refractivity contribution is -0.118. The van der Waals surface area contributed by atoms with E-state index >= 15 is 0 Å². The minimum Gasteiger partial charge on any atom is -0.476 e. The van der Waals surface area contributed by atoms with Crippen LogP contribution in [0.3, 0.4) is 0 Å². The molecule has 0 aliphatic carbocycles. The number of hydrogen-bond acceptors (Lipinski definition) is 7. The number of likely N-dealkylation sites (N-methyl/N-ethyl adjacent to an activating group) is 1. The van der Waals surface area contributed by atoms with Crippen molar-refractivity contribution in [2.45, 2.75) is 34.2 Å². The van der Waals surface area contributed by atoms with Crippen LogP contribution in [0, 0.1) is 13.8 Å². The Morgan fingerprint density at radius 3 is 2.58 bits per heavy atom. The molecule has 0 spiro atoms. The first-order valence-electron chi connectivity index (χ1n) is 13.4. The van der Waals surface area contributed by atoms with Gasteiger partial charge in [0.05, 0.1) is 0 Å². The monoisotopic (exact) mass is 553 g/mol. The number of aryl methyl sites for hydroxylation is 2. The Kier molecular flexibility index (Phi) is 9.68. The smallest absolute Gasteiger partial charge is 0.263 e. The van der Waals surface area contributed by atoms with Gasteiger partial charge in [0.2, 0.25) is 5.75 Å². The average Bonchev–Trinajstić information content (AvgIpc) is 2.95. The number of amides is 2. The minimum absolute atomic E-state index is 0. The number of nitrogens with zero attached hydrogens (tertiary/aromatic N) is 3. The van der Waals surface area contributed by atoms with Gasteiger partial charge in [-0.3, -0.25) is 14.5 Å². The van der Waals surface area contributed by atoms with Gasteiger partial charge in [-0.15, -0.1) is 0 Å². The molecule has 2 N–H and O–H groups in total. The van der Waals surface area contributed by atoms with Gasteiger partial charge in [-0.25, -0.2) is 9.37 Å². The Hall–Kier alpha value is -4.02. The van der Waals surface area contributed by atoms with Gasteiger partial charge in [0.1, 0.15) is 12.5 Å². The Morgan fingerprint density at radius 2 is 1.85 bits per heavy atom. The highest BCUT2D eigenvalue weighted by atomic mass is 19.1. The molecule has 0 fully saturated rings. The molecule has 0 bridgehead atoms. The number of alkyl halides is 1. The van der Waals surface area contributed by atoms with Crippen LogP contribution in [0.15, 0.2) is 48.7 Å². The second kappa shape index (κ2) is 13.4. The molecule has 3 aromatic rings. The third kappa shape index (κ3) is 7.13. The summed E-state index contributed by atoms with van der Waals surface area (Å²) in [7, 11) is 0. The second-order valence-electron chi connectivity index (χ2n) is 9.70. The lowest BCUT2D eigenvalue weighted by Gasteiger charge is -2.24. The van der Waals surface area contributed by atoms with Gasteiger partial charge in [-0.2, -0.15) is 0 Å². The van der Waals surface area contributed by atoms with Crippen molar-refractivity contribution in [3.63, 3.8) is 0 Å². The quantitative estimate of drug-likeness (QED) is 0.280. The molecular weight excluding hydrogens is 513 g/mol. The van der Waals surface area contributed by atoms with E-state index in [4.69, 9.17) is 9.47 Å². The molecule has 2 aromatic carbocycles. The van der Waals surface area contributed by atoms with Crippen LogP contribution in [0.1, 0.15) is 43.7 Å². The molecule has 0 saturated carbocycles. The molecule has 2 heterocycles. The number of hydrogen-bond donors (Lipinski definition) is 2. The summed E-state index contributed by atoms with van der Waals surface area (Å²) in [5.41, 5.74) is 3.87. The Bertz CT molecular complexity index is 1370. The van der Waals surface area contributed by atoms with Crippen molar-refractivity contribution < 1.29 is 26.3 Å². The second-order valence-corrected chi connectivity index (χ2v) is 9.70. The maximum atomic E-state index is 13.7. The van der Waals surface area contributed by atoms with Crippen molar-refractivity contribution in [3.8, 4) is 17.2 Å². The summed E-state index contributed by atoms with van der Waals surface area (Å²) in [6.07, 6.45) is 1.51. The highest BCUT2D eigenvalue weighted by Gasteiger charge is 2.22. The maximum Gasteiger partial charge on any atom is 0.263 e. The van der Waals surface area contributed by atoms with Gasteiger partial charge in [0, 0.05) is 46.0 Å². The van der Waals surface area contributed by atoms with Crippen LogP contribution in [-0.2, 0) is 11.3 Å². The number of rotatable bonds is 12. The number of anilines is 2. The van der Waals surface area contributed by atoms with E-state index in [1.165, 1.54) is 6.20 Å². The molecule has 1 aliphatic rings. The number of carbonyl (C=O) groups excluding carboxylic acids is 2. The summed E-state index contributed by atoms with van der Waals surface area (Å²) >= 11 is 0. The predicted molar refractivity (Wildman–Crippen MR) is 157 cm³/mol. The van der Waals surface area contributed by atoms with Gasteiger partial charge in [0.25, 0.3) is 11.8 Å². The number of benzene rings is 2. The van der Waals surface area contributed by atoms with Gasteiger partial charge in [-0.05, 0) is 67.9 Å². The Labute approximate surface area is 237 Å². The SMILES string of the molecule is CCN(CC)CCN(CF)Cc1ccc(NC(=O)c2ccc(C)c(Oc3ccnc4c3OCC(=O)N4)c2)cc1C.[HH].[HH]. The summed E-state index contributed by atoms with van der Waals surface area (Å²) in [6, 6.07) is 12.5. The van der Waals surface area contributed by atoms with E-state index < -0.39 is 6.80 Å². The molecule has 9 nitrogen and oxygen atoms in total. The van der Waals surface area contributed by atoms with E-state index in [2.05, 4.69) is 34.4 Å². The summed E-state index contributed by atoms with van der Waals surface area (Å²) in [4.78, 5) is 32.9. The number of pyridine rings is 1. The van der Waals surface area contributed by atoms with Crippen molar-refractivity contribution >= 4 is 23.3 Å². The Morgan fingerprint density at radius 1 is 1.07 bits per heavy atom. The van der Waals surface area contributed by atoms with E-state index in [-0.39, 0.29) is 27.1 Å². The summed E-state index contributed by atoms with van der Waals surface area (Å²) in [5, 5.41) is 5.60. The number of carbonyl (C=O) groups is 2. The topological polar surface area (TPSA) is 96.0 Å². The molecule has 216 valence electrons. The van der Waals surface area contributed by atoms with Crippen LogP contribution < -0.4 is 20.1 Å². The third-order valence-electron chi connectivity index (χ3n) is 6.93. The zero-order valence-electron chi connectivity index (χ0n) is 23.4. The summed E-state index contributed by atoms with van der Waals surface area (Å²) < 4.78 is 25.3. The fourth-order valence-corrected chi connectivity index (χ4v) is 4.41. The van der Waals surface area contributed by atoms with Gasteiger partial charge >= 0.3 is 0 Å². The van der Waals surface area contributed by atoms with Crippen LogP contribution >= 0.6 is 0 Å². The highest BCUT2D eigenvalue weighted by molar-refractivity contribution is 6.04. The number of ether oxygens (including phenoxy) is 2. The first kappa shape index (κ1) is 29.0. The lowest BCUT2D eigenvalue weighted by Crippen LogP contribution is -2.34. The fourth-order valence-electron chi connectivity index (χ4n) is 4.41. The van der Waals surface area contributed by atoms with Crippen LogP contribution in [0.2, 0.25) is 0 Å².